The van der Waals surface area contributed by atoms with Gasteiger partial charge >= 0.3 is 5.97 Å². The Balaban J connectivity index is 2.03. The molecule has 0 spiro atoms. The Morgan fingerprint density at radius 3 is 2.66 bits per heavy atom. The van der Waals surface area contributed by atoms with Crippen LogP contribution in [-0.4, -0.2) is 30.6 Å². The molecule has 0 aliphatic carbocycles. The zero-order chi connectivity index (χ0) is 20.9. The van der Waals surface area contributed by atoms with Crippen molar-refractivity contribution in [3.63, 3.8) is 0 Å². The van der Waals surface area contributed by atoms with Crippen LogP contribution < -0.4 is 0 Å². The van der Waals surface area contributed by atoms with Crippen molar-refractivity contribution in [1.82, 2.24) is 4.90 Å². The number of benzene rings is 2. The van der Waals surface area contributed by atoms with E-state index in [2.05, 4.69) is 30.0 Å². The summed E-state index contributed by atoms with van der Waals surface area (Å²) in [6, 6.07) is 20.1. The summed E-state index contributed by atoms with van der Waals surface area (Å²) < 4.78 is 5.16. The van der Waals surface area contributed by atoms with Gasteiger partial charge in [0.1, 0.15) is 11.6 Å². The number of hydrogen-bond donors (Lipinski definition) is 0. The fourth-order valence-electron chi connectivity index (χ4n) is 4.08. The normalized spacial score (nSPS) is 21.3. The summed E-state index contributed by atoms with van der Waals surface area (Å²) in [5, 5.41) is 10.4. The number of rotatable bonds is 5. The summed E-state index contributed by atoms with van der Waals surface area (Å²) in [5.41, 5.74) is 2.66. The van der Waals surface area contributed by atoms with Gasteiger partial charge in [-0.3, -0.25) is 4.90 Å². The minimum Gasteiger partial charge on any atom is -0.462 e. The first-order valence-corrected chi connectivity index (χ1v) is 10.2. The van der Waals surface area contributed by atoms with Gasteiger partial charge in [0.15, 0.2) is 0 Å². The molecule has 1 saturated heterocycles. The molecule has 2 aromatic rings. The predicted molar refractivity (Wildman–Crippen MR) is 114 cm³/mol. The maximum atomic E-state index is 12.5. The van der Waals surface area contributed by atoms with Crippen molar-refractivity contribution >= 4 is 17.6 Å². The third-order valence-electron chi connectivity index (χ3n) is 5.49. The van der Waals surface area contributed by atoms with E-state index < -0.39 is 11.4 Å². The third kappa shape index (κ3) is 4.70. The molecule has 1 atom stereocenters. The van der Waals surface area contributed by atoms with Crippen LogP contribution in [0.1, 0.15) is 31.4 Å². The number of nitriles is 1. The second kappa shape index (κ2) is 9.26. The number of ether oxygens (including phenoxy) is 1. The van der Waals surface area contributed by atoms with Gasteiger partial charge in [-0.15, -0.1) is 0 Å². The topological polar surface area (TPSA) is 53.3 Å². The number of esters is 1. The molecule has 1 fully saturated rings. The van der Waals surface area contributed by atoms with Crippen LogP contribution >= 0.6 is 11.6 Å². The average molecular weight is 409 g/mol. The van der Waals surface area contributed by atoms with Crippen molar-refractivity contribution in [3.8, 4) is 6.07 Å². The largest absolute Gasteiger partial charge is 0.462 e. The lowest BCUT2D eigenvalue weighted by atomic mass is 9.70. The van der Waals surface area contributed by atoms with Gasteiger partial charge in [0.2, 0.25) is 0 Å². The molecule has 150 valence electrons. The van der Waals surface area contributed by atoms with Crippen molar-refractivity contribution in [3.05, 3.63) is 81.9 Å². The van der Waals surface area contributed by atoms with Gasteiger partial charge < -0.3 is 4.74 Å². The van der Waals surface area contributed by atoms with E-state index in [1.165, 1.54) is 5.56 Å². The molecule has 4 nitrogen and oxygen atoms in total. The highest BCUT2D eigenvalue weighted by molar-refractivity contribution is 6.30. The SMILES string of the molecule is CCOC(=O)C(C#N)=C1CCN(Cc2ccccc2)CC1(C)c1cccc(Cl)c1. The van der Waals surface area contributed by atoms with Crippen molar-refractivity contribution in [1.29, 1.82) is 5.26 Å². The highest BCUT2D eigenvalue weighted by Crippen LogP contribution is 2.41. The van der Waals surface area contributed by atoms with E-state index in [0.29, 0.717) is 18.0 Å². The number of carbonyl (C=O) groups is 1. The van der Waals surface area contributed by atoms with E-state index in [4.69, 9.17) is 16.3 Å². The maximum absolute atomic E-state index is 12.5. The fraction of sp³-hybridized carbons (Fsp3) is 0.333. The molecule has 0 saturated carbocycles. The number of halogens is 1. The van der Waals surface area contributed by atoms with Gasteiger partial charge in [-0.2, -0.15) is 5.26 Å². The summed E-state index contributed by atoms with van der Waals surface area (Å²) >= 11 is 6.28. The van der Waals surface area contributed by atoms with Crippen molar-refractivity contribution < 1.29 is 9.53 Å². The Morgan fingerprint density at radius 2 is 2.00 bits per heavy atom. The van der Waals surface area contributed by atoms with Crippen LogP contribution in [-0.2, 0) is 21.5 Å². The van der Waals surface area contributed by atoms with Crippen molar-refractivity contribution in [2.45, 2.75) is 32.2 Å². The molecule has 0 bridgehead atoms. The first-order chi connectivity index (χ1) is 14.0. The second-order valence-corrected chi connectivity index (χ2v) is 7.91. The molecule has 1 aliphatic heterocycles. The monoisotopic (exact) mass is 408 g/mol. The molecule has 0 N–H and O–H groups in total. The Bertz CT molecular complexity index is 949. The quantitative estimate of drug-likeness (QED) is 0.401. The van der Waals surface area contributed by atoms with E-state index in [-0.39, 0.29) is 12.2 Å². The molecule has 5 heteroatoms. The average Bonchev–Trinajstić information content (AvgIpc) is 2.71. The van der Waals surface area contributed by atoms with Crippen LogP contribution in [0.25, 0.3) is 0 Å². The summed E-state index contributed by atoms with van der Waals surface area (Å²) in [6.45, 7) is 6.34. The lowest BCUT2D eigenvalue weighted by molar-refractivity contribution is -0.138. The van der Waals surface area contributed by atoms with Gasteiger partial charge in [0.25, 0.3) is 0 Å². The van der Waals surface area contributed by atoms with Gasteiger partial charge in [-0.25, -0.2) is 4.79 Å². The smallest absolute Gasteiger partial charge is 0.348 e. The number of likely N-dealkylation sites (tertiary alicyclic amines) is 1. The molecule has 0 amide bonds. The van der Waals surface area contributed by atoms with Crippen LogP contribution in [0.15, 0.2) is 65.7 Å². The Hall–Kier alpha value is -2.61. The van der Waals surface area contributed by atoms with E-state index >= 15 is 0 Å². The third-order valence-corrected chi connectivity index (χ3v) is 5.72. The number of carbonyl (C=O) groups excluding carboxylic acids is 1. The summed E-state index contributed by atoms with van der Waals surface area (Å²) in [4.78, 5) is 14.9. The van der Waals surface area contributed by atoms with Crippen LogP contribution in [0.4, 0.5) is 0 Å². The second-order valence-electron chi connectivity index (χ2n) is 7.47. The van der Waals surface area contributed by atoms with Crippen molar-refractivity contribution in [2.24, 2.45) is 0 Å². The van der Waals surface area contributed by atoms with Gasteiger partial charge in [-0.05, 0) is 42.2 Å². The summed E-state index contributed by atoms with van der Waals surface area (Å²) in [5.74, 6) is -0.547. The lowest BCUT2D eigenvalue weighted by Crippen LogP contribution is -2.46. The molecule has 0 radical (unpaired) electrons. The standard InChI is InChI=1S/C24H25ClN2O2/c1-3-29-23(28)21(15-26)22-12-13-27(16-18-8-5-4-6-9-18)17-24(22,2)19-10-7-11-20(25)14-19/h4-11,14H,3,12-13,16-17H2,1-2H3. The summed E-state index contributed by atoms with van der Waals surface area (Å²) in [7, 11) is 0. The van der Waals surface area contributed by atoms with Crippen LogP contribution in [0.3, 0.4) is 0 Å². The molecule has 29 heavy (non-hydrogen) atoms. The lowest BCUT2D eigenvalue weighted by Gasteiger charge is -2.43. The van der Waals surface area contributed by atoms with Crippen LogP contribution in [0.5, 0.6) is 0 Å². The predicted octanol–water partition coefficient (Wildman–Crippen LogP) is 4.89. The van der Waals surface area contributed by atoms with E-state index in [0.717, 1.165) is 24.2 Å². The van der Waals surface area contributed by atoms with Crippen LogP contribution in [0, 0.1) is 11.3 Å². The van der Waals surface area contributed by atoms with E-state index in [9.17, 15) is 10.1 Å². The Morgan fingerprint density at radius 1 is 1.24 bits per heavy atom. The Labute approximate surface area is 177 Å². The minimum absolute atomic E-state index is 0.119. The maximum Gasteiger partial charge on any atom is 0.348 e. The first-order valence-electron chi connectivity index (χ1n) is 9.81. The van der Waals surface area contributed by atoms with Gasteiger partial charge in [0, 0.05) is 30.1 Å². The van der Waals surface area contributed by atoms with Crippen LogP contribution in [0.2, 0.25) is 5.02 Å². The highest BCUT2D eigenvalue weighted by Gasteiger charge is 2.40. The van der Waals surface area contributed by atoms with E-state index in [1.54, 1.807) is 6.92 Å². The molecule has 1 heterocycles. The number of piperidine rings is 1. The van der Waals surface area contributed by atoms with E-state index in [1.807, 2.05) is 42.5 Å². The van der Waals surface area contributed by atoms with Gasteiger partial charge in [0.05, 0.1) is 6.61 Å². The number of nitrogens with zero attached hydrogens (tertiary/aromatic N) is 2. The zero-order valence-electron chi connectivity index (χ0n) is 16.8. The molecular formula is C24H25ClN2O2. The number of hydrogen-bond acceptors (Lipinski definition) is 4. The highest BCUT2D eigenvalue weighted by atomic mass is 35.5. The zero-order valence-corrected chi connectivity index (χ0v) is 17.6. The summed E-state index contributed by atoms with van der Waals surface area (Å²) in [6.07, 6.45) is 0.623. The molecule has 1 unspecified atom stereocenters. The van der Waals surface area contributed by atoms with Gasteiger partial charge in [-0.1, -0.05) is 61.0 Å². The first kappa shape index (κ1) is 21.1. The molecule has 1 aliphatic rings. The molecular weight excluding hydrogens is 384 g/mol. The minimum atomic E-state index is -0.547. The fourth-order valence-corrected chi connectivity index (χ4v) is 4.27. The molecule has 0 aromatic heterocycles. The molecule has 2 aromatic carbocycles. The molecule has 3 rings (SSSR count). The Kier molecular flexibility index (Phi) is 6.74. The van der Waals surface area contributed by atoms with Crippen molar-refractivity contribution in [2.75, 3.05) is 19.7 Å².